The fraction of sp³-hybridized carbons (Fsp3) is 0.433. The molecule has 0 radical (unpaired) electrons. The van der Waals surface area contributed by atoms with Crippen molar-refractivity contribution < 1.29 is 48.0 Å². The summed E-state index contributed by atoms with van der Waals surface area (Å²) in [5.41, 5.74) is 3.72. The zero-order chi connectivity index (χ0) is 29.6. The summed E-state index contributed by atoms with van der Waals surface area (Å²) in [6.45, 7) is 10.9. The minimum absolute atomic E-state index is 0.138. The Kier molecular flexibility index (Phi) is 10.4. The molecular weight excluding hydrogens is 520 g/mol. The largest absolute Gasteiger partial charge is 0.461 e. The number of hydrogen-bond acceptors (Lipinski definition) is 10. The molecule has 2 aromatic rings. The van der Waals surface area contributed by atoms with Gasteiger partial charge in [0.1, 0.15) is 35.4 Å². The lowest BCUT2D eigenvalue weighted by Crippen LogP contribution is -2.60. The second-order valence-electron chi connectivity index (χ2n) is 9.81. The number of furan rings is 1. The summed E-state index contributed by atoms with van der Waals surface area (Å²) in [7, 11) is 0. The maximum atomic E-state index is 11.9. The van der Waals surface area contributed by atoms with Crippen molar-refractivity contribution in [1.29, 1.82) is 0 Å². The van der Waals surface area contributed by atoms with Gasteiger partial charge < -0.3 is 33.6 Å². The Morgan fingerprint density at radius 3 is 2.23 bits per heavy atom. The van der Waals surface area contributed by atoms with Gasteiger partial charge in [0, 0.05) is 32.6 Å². The van der Waals surface area contributed by atoms with Crippen LogP contribution in [0.2, 0.25) is 0 Å². The molecule has 0 bridgehead atoms. The molecule has 0 amide bonds. The minimum Gasteiger partial charge on any atom is -0.461 e. The minimum atomic E-state index is -1.41. The highest BCUT2D eigenvalue weighted by atomic mass is 16.6. The highest BCUT2D eigenvalue weighted by Gasteiger charge is 2.48. The first-order chi connectivity index (χ1) is 18.9. The predicted octanol–water partition coefficient (Wildman–Crippen LogP) is 3.53. The Morgan fingerprint density at radius 1 is 0.950 bits per heavy atom. The number of aliphatic hydroxyl groups is 2. The molecule has 1 aliphatic heterocycles. The number of allylic oxidation sites excluding steroid dienone is 3. The van der Waals surface area contributed by atoms with Crippen molar-refractivity contribution in [2.75, 3.05) is 6.61 Å². The van der Waals surface area contributed by atoms with E-state index in [1.807, 2.05) is 26.0 Å². The third-order valence-corrected chi connectivity index (χ3v) is 6.47. The van der Waals surface area contributed by atoms with Crippen LogP contribution in [0.25, 0.3) is 11.0 Å². The van der Waals surface area contributed by atoms with Crippen LogP contribution in [0, 0.1) is 13.8 Å². The van der Waals surface area contributed by atoms with E-state index in [4.69, 9.17) is 23.4 Å². The first kappa shape index (κ1) is 30.8. The molecule has 1 saturated heterocycles. The standard InChI is InChI=1S/C30H36O10/c1-16-11-23-14-24(39-26(23)12-17(16)2)13-22(8-7-18(3)36-19(4)32)9-10-25-29(37-20(5)33)30(38-21(6)34)28(35)27(15-31)40-25/h7-9,11-12,14,25,27-31,35H,3,10,13,15H2,1-2,4-6H3/b8-7-,22-9+/t25?,27?,28-,29+,30?/m1/s1. The number of rotatable bonds is 10. The van der Waals surface area contributed by atoms with Gasteiger partial charge >= 0.3 is 17.9 Å². The van der Waals surface area contributed by atoms with Crippen LogP contribution in [-0.4, -0.2) is 65.2 Å². The molecule has 0 spiro atoms. The van der Waals surface area contributed by atoms with Crippen LogP contribution >= 0.6 is 0 Å². The molecule has 0 aliphatic carbocycles. The summed E-state index contributed by atoms with van der Waals surface area (Å²) in [4.78, 5) is 34.9. The van der Waals surface area contributed by atoms with Crippen LogP contribution in [0.1, 0.15) is 44.1 Å². The van der Waals surface area contributed by atoms with Crippen LogP contribution in [0.15, 0.2) is 58.8 Å². The summed E-state index contributed by atoms with van der Waals surface area (Å²) in [5, 5.41) is 21.4. The average Bonchev–Trinajstić information content (AvgIpc) is 3.24. The van der Waals surface area contributed by atoms with E-state index < -0.39 is 55.0 Å². The summed E-state index contributed by atoms with van der Waals surface area (Å²) < 4.78 is 27.7. The van der Waals surface area contributed by atoms with Crippen LogP contribution in [-0.2, 0) is 39.8 Å². The van der Waals surface area contributed by atoms with Crippen LogP contribution in [0.5, 0.6) is 0 Å². The maximum Gasteiger partial charge on any atom is 0.308 e. The van der Waals surface area contributed by atoms with Crippen LogP contribution in [0.3, 0.4) is 0 Å². The van der Waals surface area contributed by atoms with Gasteiger partial charge in [-0.3, -0.25) is 14.4 Å². The van der Waals surface area contributed by atoms with Crippen molar-refractivity contribution in [1.82, 2.24) is 0 Å². The first-order valence-corrected chi connectivity index (χ1v) is 12.9. The summed E-state index contributed by atoms with van der Waals surface area (Å²) >= 11 is 0. The van der Waals surface area contributed by atoms with E-state index in [1.54, 1.807) is 12.2 Å². The normalized spacial score (nSPS) is 23.3. The SMILES string of the molecule is C=C(/C=C\C(=C/CC1OC(CO)[C@@H](O)C(OC(C)=O)[C@H]1OC(C)=O)Cc1cc2cc(C)c(C)cc2o1)OC(C)=O. The molecule has 5 atom stereocenters. The number of fused-ring (bicyclic) bond motifs is 1. The number of aliphatic hydroxyl groups excluding tert-OH is 2. The molecule has 0 saturated carbocycles. The molecule has 3 rings (SSSR count). The van der Waals surface area contributed by atoms with Crippen LogP contribution in [0.4, 0.5) is 0 Å². The van der Waals surface area contributed by atoms with Gasteiger partial charge in [0.25, 0.3) is 0 Å². The molecule has 1 aromatic carbocycles. The predicted molar refractivity (Wildman–Crippen MR) is 145 cm³/mol. The summed E-state index contributed by atoms with van der Waals surface area (Å²) in [6, 6.07) is 5.97. The Morgan fingerprint density at radius 2 is 1.60 bits per heavy atom. The zero-order valence-corrected chi connectivity index (χ0v) is 23.3. The van der Waals surface area contributed by atoms with E-state index in [0.29, 0.717) is 12.2 Å². The van der Waals surface area contributed by atoms with Gasteiger partial charge in [-0.1, -0.05) is 18.7 Å². The molecule has 10 nitrogen and oxygen atoms in total. The Bertz CT molecular complexity index is 1280. The van der Waals surface area contributed by atoms with Crippen molar-refractivity contribution in [2.24, 2.45) is 0 Å². The number of aryl methyl sites for hydroxylation is 2. The number of carbonyl (C=O) groups excluding carboxylic acids is 3. The van der Waals surface area contributed by atoms with Crippen molar-refractivity contribution in [3.63, 3.8) is 0 Å². The third-order valence-electron chi connectivity index (χ3n) is 6.47. The molecule has 1 aromatic heterocycles. The van der Waals surface area contributed by atoms with Gasteiger partial charge in [0.05, 0.1) is 6.61 Å². The summed E-state index contributed by atoms with van der Waals surface area (Å²) in [5.74, 6) is -1.03. The summed E-state index contributed by atoms with van der Waals surface area (Å²) in [6.07, 6.45) is -0.166. The Labute approximate surface area is 232 Å². The van der Waals surface area contributed by atoms with E-state index in [2.05, 4.69) is 12.6 Å². The lowest BCUT2D eigenvalue weighted by Gasteiger charge is -2.43. The van der Waals surface area contributed by atoms with Crippen molar-refractivity contribution >= 4 is 28.9 Å². The molecule has 10 heteroatoms. The zero-order valence-electron chi connectivity index (χ0n) is 23.3. The lowest BCUT2D eigenvalue weighted by molar-refractivity contribution is -0.244. The lowest BCUT2D eigenvalue weighted by atomic mass is 9.92. The van der Waals surface area contributed by atoms with Crippen molar-refractivity contribution in [2.45, 2.75) is 78.0 Å². The number of esters is 3. The van der Waals surface area contributed by atoms with Gasteiger partial charge in [-0.25, -0.2) is 0 Å². The van der Waals surface area contributed by atoms with Gasteiger partial charge in [0.15, 0.2) is 12.2 Å². The van der Waals surface area contributed by atoms with E-state index in [1.165, 1.54) is 26.8 Å². The number of ether oxygens (including phenoxy) is 4. The van der Waals surface area contributed by atoms with Crippen molar-refractivity contribution in [3.05, 3.63) is 71.2 Å². The number of benzene rings is 1. The Hall–Kier alpha value is -3.73. The molecule has 40 heavy (non-hydrogen) atoms. The highest BCUT2D eigenvalue weighted by Crippen LogP contribution is 2.30. The first-order valence-electron chi connectivity index (χ1n) is 12.9. The second-order valence-corrected chi connectivity index (χ2v) is 9.81. The highest BCUT2D eigenvalue weighted by molar-refractivity contribution is 5.80. The van der Waals surface area contributed by atoms with Gasteiger partial charge in [-0.2, -0.15) is 0 Å². The van der Waals surface area contributed by atoms with E-state index in [9.17, 15) is 24.6 Å². The molecule has 3 unspecified atom stereocenters. The smallest absolute Gasteiger partial charge is 0.308 e. The molecule has 2 N–H and O–H groups in total. The number of hydrogen-bond donors (Lipinski definition) is 2. The fourth-order valence-corrected chi connectivity index (χ4v) is 4.53. The third kappa shape index (κ3) is 8.14. The van der Waals surface area contributed by atoms with Crippen molar-refractivity contribution in [3.8, 4) is 0 Å². The van der Waals surface area contributed by atoms with Gasteiger partial charge in [0.2, 0.25) is 0 Å². The Balaban J connectivity index is 1.94. The molecule has 216 valence electrons. The fourth-order valence-electron chi connectivity index (χ4n) is 4.53. The molecule has 2 heterocycles. The number of carbonyl (C=O) groups is 3. The molecule has 1 aliphatic rings. The average molecular weight is 557 g/mol. The topological polar surface area (TPSA) is 142 Å². The van der Waals surface area contributed by atoms with Crippen LogP contribution < -0.4 is 0 Å². The van der Waals surface area contributed by atoms with E-state index >= 15 is 0 Å². The quantitative estimate of drug-likeness (QED) is 0.193. The van der Waals surface area contributed by atoms with Gasteiger partial charge in [-0.05, 0) is 61.2 Å². The van der Waals surface area contributed by atoms with E-state index in [0.717, 1.165) is 27.7 Å². The second kappa shape index (κ2) is 13.6. The van der Waals surface area contributed by atoms with Gasteiger partial charge in [-0.15, -0.1) is 0 Å². The molecular formula is C30H36O10. The molecule has 1 fully saturated rings. The van der Waals surface area contributed by atoms with E-state index in [-0.39, 0.29) is 12.2 Å². The monoisotopic (exact) mass is 556 g/mol. The maximum absolute atomic E-state index is 11.9.